The van der Waals surface area contributed by atoms with Gasteiger partial charge >= 0.3 is 0 Å². The number of amides is 1. The molecule has 5 heteroatoms. The van der Waals surface area contributed by atoms with E-state index in [2.05, 4.69) is 21.2 Å². The average Bonchev–Trinajstić information content (AvgIpc) is 2.69. The number of benzene rings is 1. The second-order valence-corrected chi connectivity index (χ2v) is 6.33. The first-order valence-corrected chi connectivity index (χ1v) is 7.83. The van der Waals surface area contributed by atoms with Crippen LogP contribution in [-0.2, 0) is 4.79 Å². The van der Waals surface area contributed by atoms with Gasteiger partial charge in [0.2, 0.25) is 5.91 Å². The molecule has 1 saturated carbocycles. The summed E-state index contributed by atoms with van der Waals surface area (Å²) in [6, 6.07) is 4.26. The highest BCUT2D eigenvalue weighted by Crippen LogP contribution is 2.36. The maximum atomic E-state index is 13.3. The van der Waals surface area contributed by atoms with Crippen LogP contribution in [0.25, 0.3) is 0 Å². The van der Waals surface area contributed by atoms with Gasteiger partial charge in [0.1, 0.15) is 5.82 Å². The largest absolute Gasteiger partial charge is 0.329 e. The van der Waals surface area contributed by atoms with Crippen molar-refractivity contribution in [2.45, 2.75) is 38.5 Å². The Labute approximate surface area is 127 Å². The number of rotatable bonds is 3. The monoisotopic (exact) mass is 342 g/mol. The van der Waals surface area contributed by atoms with Crippen molar-refractivity contribution in [1.29, 1.82) is 0 Å². The first-order chi connectivity index (χ1) is 9.57. The van der Waals surface area contributed by atoms with Gasteiger partial charge in [-0.15, -0.1) is 0 Å². The summed E-state index contributed by atoms with van der Waals surface area (Å²) in [7, 11) is 0. The predicted octanol–water partition coefficient (Wildman–Crippen LogP) is 3.83. The molecule has 2 rings (SSSR count). The summed E-state index contributed by atoms with van der Waals surface area (Å²) >= 11 is 3.33. The van der Waals surface area contributed by atoms with Gasteiger partial charge in [0.25, 0.3) is 0 Å². The number of carbonyl (C=O) groups is 1. The van der Waals surface area contributed by atoms with E-state index < -0.39 is 5.41 Å². The van der Waals surface area contributed by atoms with Crippen molar-refractivity contribution in [2.75, 3.05) is 11.9 Å². The number of nitrogens with two attached hydrogens (primary N) is 1. The van der Waals surface area contributed by atoms with Crippen LogP contribution in [0, 0.1) is 11.2 Å². The van der Waals surface area contributed by atoms with Crippen LogP contribution >= 0.6 is 15.9 Å². The number of carbonyl (C=O) groups excluding carboxylic acids is 1. The first kappa shape index (κ1) is 15.4. The molecule has 1 aromatic rings. The molecule has 3 nitrogen and oxygen atoms in total. The van der Waals surface area contributed by atoms with Gasteiger partial charge in [-0.2, -0.15) is 0 Å². The summed E-state index contributed by atoms with van der Waals surface area (Å²) in [5, 5.41) is 2.83. The van der Waals surface area contributed by atoms with Crippen molar-refractivity contribution in [3.63, 3.8) is 0 Å². The molecule has 1 fully saturated rings. The summed E-state index contributed by atoms with van der Waals surface area (Å²) in [5.74, 6) is -0.459. The Morgan fingerprint density at radius 2 is 1.95 bits per heavy atom. The summed E-state index contributed by atoms with van der Waals surface area (Å²) in [5.41, 5.74) is 5.84. The molecule has 0 atom stereocenters. The van der Waals surface area contributed by atoms with Crippen LogP contribution in [0.4, 0.5) is 10.1 Å². The first-order valence-electron chi connectivity index (χ1n) is 7.04. The molecule has 1 aliphatic carbocycles. The van der Waals surface area contributed by atoms with Crippen LogP contribution < -0.4 is 11.1 Å². The van der Waals surface area contributed by atoms with Crippen molar-refractivity contribution in [3.05, 3.63) is 28.5 Å². The SMILES string of the molecule is NCC1(C(=O)Nc2cc(F)ccc2Br)CCCCCC1. The van der Waals surface area contributed by atoms with Crippen molar-refractivity contribution < 1.29 is 9.18 Å². The van der Waals surface area contributed by atoms with Gasteiger partial charge in [0, 0.05) is 11.0 Å². The molecule has 110 valence electrons. The summed E-state index contributed by atoms with van der Waals surface area (Å²) in [6.07, 6.45) is 5.96. The van der Waals surface area contributed by atoms with E-state index >= 15 is 0 Å². The fourth-order valence-corrected chi connectivity index (χ4v) is 3.12. The van der Waals surface area contributed by atoms with Crippen LogP contribution in [0.3, 0.4) is 0 Å². The van der Waals surface area contributed by atoms with E-state index in [1.54, 1.807) is 6.07 Å². The standard InChI is InChI=1S/C15H20BrFN2O/c16-12-6-5-11(17)9-13(12)19-14(20)15(10-18)7-3-1-2-4-8-15/h5-6,9H,1-4,7-8,10,18H2,(H,19,20). The van der Waals surface area contributed by atoms with Crippen LogP contribution in [0.2, 0.25) is 0 Å². The minimum absolute atomic E-state index is 0.0896. The quantitative estimate of drug-likeness (QED) is 0.820. The number of hydrogen-bond acceptors (Lipinski definition) is 2. The third kappa shape index (κ3) is 3.38. The Hall–Kier alpha value is -0.940. The van der Waals surface area contributed by atoms with E-state index in [1.807, 2.05) is 0 Å². The van der Waals surface area contributed by atoms with Crippen molar-refractivity contribution >= 4 is 27.5 Å². The molecule has 1 amide bonds. The molecule has 0 aromatic heterocycles. The number of halogens is 2. The molecule has 3 N–H and O–H groups in total. The second kappa shape index (κ2) is 6.68. The van der Waals surface area contributed by atoms with E-state index in [4.69, 9.17) is 5.73 Å². The van der Waals surface area contributed by atoms with E-state index in [1.165, 1.54) is 12.1 Å². The average molecular weight is 343 g/mol. The number of hydrogen-bond donors (Lipinski definition) is 2. The summed E-state index contributed by atoms with van der Waals surface area (Å²) < 4.78 is 14.0. The Kier molecular flexibility index (Phi) is 5.16. The van der Waals surface area contributed by atoms with Crippen LogP contribution in [0.5, 0.6) is 0 Å². The van der Waals surface area contributed by atoms with E-state index in [9.17, 15) is 9.18 Å². The van der Waals surface area contributed by atoms with Gasteiger partial charge in [-0.25, -0.2) is 4.39 Å². The van der Waals surface area contributed by atoms with Gasteiger partial charge < -0.3 is 11.1 Å². The molecule has 0 heterocycles. The smallest absolute Gasteiger partial charge is 0.231 e. The lowest BCUT2D eigenvalue weighted by atomic mass is 9.79. The Balaban J connectivity index is 2.18. The number of anilines is 1. The van der Waals surface area contributed by atoms with E-state index in [0.29, 0.717) is 16.7 Å². The fraction of sp³-hybridized carbons (Fsp3) is 0.533. The predicted molar refractivity (Wildman–Crippen MR) is 81.9 cm³/mol. The lowest BCUT2D eigenvalue weighted by Crippen LogP contribution is -2.42. The highest BCUT2D eigenvalue weighted by atomic mass is 79.9. The zero-order valence-corrected chi connectivity index (χ0v) is 13.0. The maximum Gasteiger partial charge on any atom is 0.231 e. The third-order valence-corrected chi connectivity index (χ3v) is 4.80. The summed E-state index contributed by atoms with van der Waals surface area (Å²) in [6.45, 7) is 0.339. The maximum absolute atomic E-state index is 13.3. The van der Waals surface area contributed by atoms with E-state index in [0.717, 1.165) is 38.5 Å². The lowest BCUT2D eigenvalue weighted by Gasteiger charge is -2.30. The topological polar surface area (TPSA) is 55.1 Å². The highest BCUT2D eigenvalue weighted by molar-refractivity contribution is 9.10. The van der Waals surface area contributed by atoms with Crippen molar-refractivity contribution in [1.82, 2.24) is 0 Å². The highest BCUT2D eigenvalue weighted by Gasteiger charge is 2.37. The molecule has 0 bridgehead atoms. The summed E-state index contributed by atoms with van der Waals surface area (Å²) in [4.78, 5) is 12.6. The third-order valence-electron chi connectivity index (χ3n) is 4.11. The zero-order chi connectivity index (χ0) is 14.6. The minimum atomic E-state index is -0.512. The lowest BCUT2D eigenvalue weighted by molar-refractivity contribution is -0.125. The minimum Gasteiger partial charge on any atom is -0.329 e. The van der Waals surface area contributed by atoms with Crippen molar-refractivity contribution in [2.24, 2.45) is 11.1 Å². The van der Waals surface area contributed by atoms with Crippen molar-refractivity contribution in [3.8, 4) is 0 Å². The van der Waals surface area contributed by atoms with Gasteiger partial charge in [-0.3, -0.25) is 4.79 Å². The fourth-order valence-electron chi connectivity index (χ4n) is 2.78. The second-order valence-electron chi connectivity index (χ2n) is 5.48. The molecule has 0 spiro atoms. The Morgan fingerprint density at radius 1 is 1.30 bits per heavy atom. The molecule has 0 radical (unpaired) electrons. The van der Waals surface area contributed by atoms with Crippen LogP contribution in [0.15, 0.2) is 22.7 Å². The van der Waals surface area contributed by atoms with Gasteiger partial charge in [0.15, 0.2) is 0 Å². The van der Waals surface area contributed by atoms with E-state index in [-0.39, 0.29) is 11.7 Å². The zero-order valence-electron chi connectivity index (χ0n) is 11.4. The Bertz CT molecular complexity index is 485. The van der Waals surface area contributed by atoms with Gasteiger partial charge in [-0.05, 0) is 47.0 Å². The number of nitrogens with one attached hydrogen (secondary N) is 1. The molecule has 0 unspecified atom stereocenters. The molecular formula is C15H20BrFN2O. The molecule has 0 aliphatic heterocycles. The Morgan fingerprint density at radius 3 is 2.55 bits per heavy atom. The molecular weight excluding hydrogens is 323 g/mol. The molecule has 1 aromatic carbocycles. The van der Waals surface area contributed by atoms with Gasteiger partial charge in [0.05, 0.1) is 11.1 Å². The van der Waals surface area contributed by atoms with Crippen LogP contribution in [-0.4, -0.2) is 12.5 Å². The van der Waals surface area contributed by atoms with Gasteiger partial charge in [-0.1, -0.05) is 25.7 Å². The van der Waals surface area contributed by atoms with Crippen LogP contribution in [0.1, 0.15) is 38.5 Å². The normalized spacial score (nSPS) is 18.4. The molecule has 1 aliphatic rings. The molecule has 0 saturated heterocycles. The molecule has 20 heavy (non-hydrogen) atoms.